The Morgan fingerprint density at radius 3 is 1.67 bits per heavy atom. The molecule has 0 radical (unpaired) electrons. The van der Waals surface area contributed by atoms with Crippen molar-refractivity contribution in [2.75, 3.05) is 4.90 Å². The first-order valence-electron chi connectivity index (χ1n) is 21.2. The third kappa shape index (κ3) is 5.79. The van der Waals surface area contributed by atoms with Crippen molar-refractivity contribution in [2.24, 2.45) is 0 Å². The molecule has 0 aliphatic heterocycles. The molecule has 1 aliphatic rings. The molecule has 0 saturated carbocycles. The first kappa shape index (κ1) is 35.3. The molecule has 0 saturated heterocycles. The second-order valence-corrected chi connectivity index (χ2v) is 16.9. The normalized spacial score (nSPS) is 12.9. The minimum atomic E-state index is -0.197. The lowest BCUT2D eigenvalue weighted by Crippen LogP contribution is -2.16. The number of rotatable bonds is 6. The Balaban J connectivity index is 0.947. The zero-order chi connectivity index (χ0) is 40.7. The zero-order valence-electron chi connectivity index (χ0n) is 34.1. The molecular weight excluding hydrogens is 739 g/mol. The number of fused-ring (bicyclic) bond motifs is 8. The summed E-state index contributed by atoms with van der Waals surface area (Å²) in [6.45, 7) is 4.76. The van der Waals surface area contributed by atoms with Gasteiger partial charge in [-0.3, -0.25) is 0 Å². The highest BCUT2D eigenvalue weighted by Gasteiger charge is 2.36. The van der Waals surface area contributed by atoms with Crippen molar-refractivity contribution < 1.29 is 4.42 Å². The molecule has 288 valence electrons. The minimum absolute atomic E-state index is 0.197. The summed E-state index contributed by atoms with van der Waals surface area (Å²) in [6.07, 6.45) is 0. The van der Waals surface area contributed by atoms with E-state index in [0.717, 1.165) is 50.1 Å². The molecule has 1 aromatic heterocycles. The number of nitrogens with zero attached hydrogens (tertiary/aromatic N) is 1. The SMILES string of the molecule is CC1(C)c2cc(-c3ccc4ccccc4c3)ccc2-c2ccc(N(c3ccc(-c4ccc5oc6ccccc6c5c4)cc3)c3ccc(-c4cccc5ccccc45)cc3)cc21. The van der Waals surface area contributed by atoms with Gasteiger partial charge in [-0.2, -0.15) is 0 Å². The molecule has 0 atom stereocenters. The van der Waals surface area contributed by atoms with Crippen molar-refractivity contribution in [3.8, 4) is 44.5 Å². The Labute approximate surface area is 355 Å². The average molecular weight is 780 g/mol. The van der Waals surface area contributed by atoms with Crippen molar-refractivity contribution >= 4 is 60.5 Å². The summed E-state index contributed by atoms with van der Waals surface area (Å²) in [7, 11) is 0. The number of para-hydroxylation sites is 1. The molecule has 0 unspecified atom stereocenters. The molecular formula is C59H41NO. The van der Waals surface area contributed by atoms with E-state index in [-0.39, 0.29) is 5.41 Å². The van der Waals surface area contributed by atoms with E-state index in [1.165, 1.54) is 66.1 Å². The average Bonchev–Trinajstić information content (AvgIpc) is 3.80. The van der Waals surface area contributed by atoms with Gasteiger partial charge in [-0.25, -0.2) is 0 Å². The van der Waals surface area contributed by atoms with Gasteiger partial charge in [0.25, 0.3) is 0 Å². The lowest BCUT2D eigenvalue weighted by atomic mass is 9.81. The van der Waals surface area contributed by atoms with Crippen LogP contribution in [0.15, 0.2) is 217 Å². The van der Waals surface area contributed by atoms with Gasteiger partial charge in [-0.1, -0.05) is 159 Å². The highest BCUT2D eigenvalue weighted by Crippen LogP contribution is 2.52. The van der Waals surface area contributed by atoms with Gasteiger partial charge in [-0.15, -0.1) is 0 Å². The predicted molar refractivity (Wildman–Crippen MR) is 257 cm³/mol. The van der Waals surface area contributed by atoms with Gasteiger partial charge in [0.1, 0.15) is 11.2 Å². The fraction of sp³-hybridized carbons (Fsp3) is 0.0508. The van der Waals surface area contributed by atoms with E-state index < -0.39 is 0 Å². The van der Waals surface area contributed by atoms with Gasteiger partial charge in [0.2, 0.25) is 0 Å². The predicted octanol–water partition coefficient (Wildman–Crippen LogP) is 16.7. The molecule has 2 nitrogen and oxygen atoms in total. The van der Waals surface area contributed by atoms with E-state index in [9.17, 15) is 0 Å². The Bertz CT molecular complexity index is 3490. The fourth-order valence-electron chi connectivity index (χ4n) is 9.84. The monoisotopic (exact) mass is 779 g/mol. The van der Waals surface area contributed by atoms with Crippen molar-refractivity contribution in [1.82, 2.24) is 0 Å². The largest absolute Gasteiger partial charge is 0.456 e. The number of furan rings is 1. The maximum absolute atomic E-state index is 6.15. The number of anilines is 3. The first-order valence-corrected chi connectivity index (χ1v) is 21.2. The second kappa shape index (κ2) is 13.7. The molecule has 0 bridgehead atoms. The molecule has 0 amide bonds. The van der Waals surface area contributed by atoms with Gasteiger partial charge in [0, 0.05) is 33.2 Å². The highest BCUT2D eigenvalue weighted by atomic mass is 16.3. The Kier molecular flexibility index (Phi) is 7.92. The van der Waals surface area contributed by atoms with Crippen molar-refractivity contribution in [1.29, 1.82) is 0 Å². The Morgan fingerprint density at radius 2 is 0.869 bits per heavy atom. The molecule has 0 spiro atoms. The molecule has 2 heteroatoms. The van der Waals surface area contributed by atoms with E-state index >= 15 is 0 Å². The summed E-state index contributed by atoms with van der Waals surface area (Å²) in [6, 6.07) is 77.6. The molecule has 61 heavy (non-hydrogen) atoms. The molecule has 12 rings (SSSR count). The highest BCUT2D eigenvalue weighted by molar-refractivity contribution is 6.06. The summed E-state index contributed by atoms with van der Waals surface area (Å²) < 4.78 is 6.15. The third-order valence-corrected chi connectivity index (χ3v) is 13.1. The molecule has 0 N–H and O–H groups in total. The van der Waals surface area contributed by atoms with Crippen LogP contribution in [0.3, 0.4) is 0 Å². The summed E-state index contributed by atoms with van der Waals surface area (Å²) >= 11 is 0. The van der Waals surface area contributed by atoms with Crippen molar-refractivity contribution in [3.63, 3.8) is 0 Å². The van der Waals surface area contributed by atoms with Crippen LogP contribution in [-0.4, -0.2) is 0 Å². The van der Waals surface area contributed by atoms with Crippen LogP contribution in [0.25, 0.3) is 88.0 Å². The van der Waals surface area contributed by atoms with Gasteiger partial charge in [0.15, 0.2) is 0 Å². The Hall–Kier alpha value is -7.68. The van der Waals surface area contributed by atoms with Crippen LogP contribution in [0.5, 0.6) is 0 Å². The van der Waals surface area contributed by atoms with Crippen LogP contribution < -0.4 is 4.90 Å². The van der Waals surface area contributed by atoms with Crippen LogP contribution in [-0.2, 0) is 5.41 Å². The summed E-state index contributed by atoms with van der Waals surface area (Å²) in [4.78, 5) is 2.41. The number of hydrogen-bond donors (Lipinski definition) is 0. The number of benzene rings is 10. The summed E-state index contributed by atoms with van der Waals surface area (Å²) in [5.74, 6) is 0. The van der Waals surface area contributed by atoms with Crippen LogP contribution >= 0.6 is 0 Å². The van der Waals surface area contributed by atoms with Gasteiger partial charge < -0.3 is 9.32 Å². The first-order chi connectivity index (χ1) is 30.0. The van der Waals surface area contributed by atoms with Gasteiger partial charge in [0.05, 0.1) is 0 Å². The third-order valence-electron chi connectivity index (χ3n) is 13.1. The van der Waals surface area contributed by atoms with E-state index in [1.54, 1.807) is 0 Å². The molecule has 1 heterocycles. The van der Waals surface area contributed by atoms with E-state index in [4.69, 9.17) is 4.42 Å². The van der Waals surface area contributed by atoms with E-state index in [0.29, 0.717) is 0 Å². The van der Waals surface area contributed by atoms with E-state index in [1.807, 2.05) is 12.1 Å². The summed E-state index contributed by atoms with van der Waals surface area (Å²) in [5, 5.41) is 7.31. The lowest BCUT2D eigenvalue weighted by Gasteiger charge is -2.28. The molecule has 0 fully saturated rings. The zero-order valence-corrected chi connectivity index (χ0v) is 34.1. The van der Waals surface area contributed by atoms with E-state index in [2.05, 4.69) is 219 Å². The summed E-state index contributed by atoms with van der Waals surface area (Å²) in [5.41, 5.74) is 17.5. The second-order valence-electron chi connectivity index (χ2n) is 16.9. The van der Waals surface area contributed by atoms with Crippen LogP contribution in [0.1, 0.15) is 25.0 Å². The topological polar surface area (TPSA) is 16.4 Å². The number of hydrogen-bond acceptors (Lipinski definition) is 2. The minimum Gasteiger partial charge on any atom is -0.456 e. The van der Waals surface area contributed by atoms with Crippen molar-refractivity contribution in [3.05, 3.63) is 223 Å². The Morgan fingerprint density at radius 1 is 0.328 bits per heavy atom. The van der Waals surface area contributed by atoms with Crippen LogP contribution in [0.4, 0.5) is 17.1 Å². The van der Waals surface area contributed by atoms with Gasteiger partial charge >= 0.3 is 0 Å². The van der Waals surface area contributed by atoms with Crippen LogP contribution in [0, 0.1) is 0 Å². The quantitative estimate of drug-likeness (QED) is 0.167. The molecule has 1 aliphatic carbocycles. The molecule has 11 aromatic rings. The fourth-order valence-corrected chi connectivity index (χ4v) is 9.84. The standard InChI is InChI=1S/C59H41NO/c1-59(2)55-36-45(43-19-18-38-10-3-4-12-42(38)34-43)24-31-51(55)52-32-30-48(37-56(52)59)60(47-28-22-41(23-29-47)50-16-9-13-40-11-5-6-14-49(40)50)46-26-20-39(21-27-46)44-25-33-58-54(35-44)53-15-7-8-17-57(53)61-58/h3-37H,1-2H3. The molecule has 10 aromatic carbocycles. The smallest absolute Gasteiger partial charge is 0.135 e. The maximum atomic E-state index is 6.15. The maximum Gasteiger partial charge on any atom is 0.135 e. The van der Waals surface area contributed by atoms with Crippen molar-refractivity contribution in [2.45, 2.75) is 19.3 Å². The lowest BCUT2D eigenvalue weighted by molar-refractivity contribution is 0.660. The van der Waals surface area contributed by atoms with Gasteiger partial charge in [-0.05, 0) is 144 Å². The van der Waals surface area contributed by atoms with Crippen LogP contribution in [0.2, 0.25) is 0 Å².